The quantitative estimate of drug-likeness (QED) is 0.464. The highest BCUT2D eigenvalue weighted by molar-refractivity contribution is 6.30. The van der Waals surface area contributed by atoms with Gasteiger partial charge in [0.15, 0.2) is 0 Å². The van der Waals surface area contributed by atoms with Crippen LogP contribution < -0.4 is 4.90 Å². The molecule has 2 aliphatic heterocycles. The van der Waals surface area contributed by atoms with E-state index in [4.69, 9.17) is 16.3 Å². The Balaban J connectivity index is 1.40. The lowest BCUT2D eigenvalue weighted by Gasteiger charge is -2.29. The fourth-order valence-electron chi connectivity index (χ4n) is 4.78. The summed E-state index contributed by atoms with van der Waals surface area (Å²) in [6.07, 6.45) is 2.80. The van der Waals surface area contributed by atoms with Gasteiger partial charge in [0.25, 0.3) is 0 Å². The summed E-state index contributed by atoms with van der Waals surface area (Å²) in [4.78, 5) is 16.7. The molecule has 2 saturated heterocycles. The van der Waals surface area contributed by atoms with Crippen LogP contribution in [0.15, 0.2) is 48.7 Å². The average Bonchev–Trinajstić information content (AvgIpc) is 3.39. The molecule has 2 aromatic carbocycles. The monoisotopic (exact) mass is 501 g/mol. The Morgan fingerprint density at radius 1 is 1.09 bits per heavy atom. The smallest absolute Gasteiger partial charge is 0.415 e. The number of rotatable bonds is 6. The van der Waals surface area contributed by atoms with Gasteiger partial charge in [-0.1, -0.05) is 23.7 Å². The number of piperidine rings is 1. The summed E-state index contributed by atoms with van der Waals surface area (Å²) in [6.45, 7) is 5.20. The number of ether oxygens (including phenoxy) is 1. The van der Waals surface area contributed by atoms with Crippen LogP contribution in [0.25, 0.3) is 0 Å². The molecule has 2 fully saturated rings. The summed E-state index contributed by atoms with van der Waals surface area (Å²) in [5.74, 6) is -0.715. The van der Waals surface area contributed by atoms with Crippen molar-refractivity contribution in [3.8, 4) is 0 Å². The molecule has 10 heteroatoms. The van der Waals surface area contributed by atoms with Crippen molar-refractivity contribution in [1.29, 1.82) is 0 Å². The van der Waals surface area contributed by atoms with Crippen LogP contribution in [-0.2, 0) is 17.8 Å². The van der Waals surface area contributed by atoms with Gasteiger partial charge in [-0.15, -0.1) is 5.10 Å². The number of carbonyl (C=O) groups is 1. The van der Waals surface area contributed by atoms with E-state index in [1.165, 1.54) is 29.9 Å². The summed E-state index contributed by atoms with van der Waals surface area (Å²) in [5, 5.41) is 9.01. The molecule has 7 nitrogen and oxygen atoms in total. The molecule has 184 valence electrons. The second kappa shape index (κ2) is 9.91. The maximum absolute atomic E-state index is 14.1. The Morgan fingerprint density at radius 2 is 1.77 bits per heavy atom. The molecule has 2 aliphatic rings. The van der Waals surface area contributed by atoms with E-state index in [0.717, 1.165) is 30.8 Å². The average molecular weight is 502 g/mol. The van der Waals surface area contributed by atoms with E-state index in [1.54, 1.807) is 28.9 Å². The van der Waals surface area contributed by atoms with Crippen molar-refractivity contribution in [2.24, 2.45) is 5.92 Å². The first-order valence-electron chi connectivity index (χ1n) is 11.7. The van der Waals surface area contributed by atoms with Crippen LogP contribution in [0.4, 0.5) is 19.3 Å². The molecule has 1 aromatic heterocycles. The Kier molecular flexibility index (Phi) is 6.71. The highest BCUT2D eigenvalue weighted by Crippen LogP contribution is 2.39. The number of hydrogen-bond donors (Lipinski definition) is 0. The van der Waals surface area contributed by atoms with E-state index >= 15 is 0 Å². The summed E-state index contributed by atoms with van der Waals surface area (Å²) >= 11 is 6.01. The minimum absolute atomic E-state index is 0.183. The van der Waals surface area contributed by atoms with Crippen molar-refractivity contribution in [1.82, 2.24) is 19.9 Å². The standard InChI is InChI=1S/C25H26ClF2N5O2/c1-16-6-8-31(9-7-16)13-21-14-32(30-29-21)15-23-24(17-10-19(27)12-20(28)11-17)33(25(34)35-23)22-4-2-18(26)3-5-22/h2-5,10-12,14,16,23-24H,6-9,13,15H2,1H3/t23-,24-/m0/s1. The number of likely N-dealkylation sites (tertiary alicyclic amines) is 1. The normalized spacial score (nSPS) is 21.5. The Morgan fingerprint density at radius 3 is 2.46 bits per heavy atom. The summed E-state index contributed by atoms with van der Waals surface area (Å²) in [6, 6.07) is 9.09. The zero-order chi connectivity index (χ0) is 24.5. The van der Waals surface area contributed by atoms with Crippen molar-refractivity contribution >= 4 is 23.4 Å². The van der Waals surface area contributed by atoms with Crippen LogP contribution in [0.2, 0.25) is 5.02 Å². The third-order valence-electron chi connectivity index (χ3n) is 6.63. The van der Waals surface area contributed by atoms with Crippen molar-refractivity contribution in [3.05, 3.63) is 76.6 Å². The number of benzene rings is 2. The first kappa shape index (κ1) is 23.7. The highest BCUT2D eigenvalue weighted by atomic mass is 35.5. The Labute approximate surface area is 207 Å². The predicted molar refractivity (Wildman–Crippen MR) is 127 cm³/mol. The lowest BCUT2D eigenvalue weighted by Crippen LogP contribution is -2.32. The van der Waals surface area contributed by atoms with Crippen molar-refractivity contribution in [3.63, 3.8) is 0 Å². The Bertz CT molecular complexity index is 1180. The van der Waals surface area contributed by atoms with Gasteiger partial charge >= 0.3 is 6.09 Å². The van der Waals surface area contributed by atoms with Crippen molar-refractivity contribution < 1.29 is 18.3 Å². The van der Waals surface area contributed by atoms with Crippen LogP contribution in [0.3, 0.4) is 0 Å². The third kappa shape index (κ3) is 5.31. The van der Waals surface area contributed by atoms with Gasteiger partial charge in [-0.2, -0.15) is 0 Å². The SMILES string of the molecule is CC1CCN(Cc2cn(C[C@@H]3OC(=O)N(c4ccc(Cl)cc4)[C@H]3c3cc(F)cc(F)c3)nn2)CC1. The molecule has 0 bridgehead atoms. The van der Waals surface area contributed by atoms with Crippen LogP contribution >= 0.6 is 11.6 Å². The van der Waals surface area contributed by atoms with Crippen molar-refractivity contribution in [2.75, 3.05) is 18.0 Å². The second-order valence-corrected chi connectivity index (χ2v) is 9.74. The van der Waals surface area contributed by atoms with Crippen LogP contribution in [0.1, 0.15) is 37.1 Å². The Hall–Kier alpha value is -3.04. The fraction of sp³-hybridized carbons (Fsp3) is 0.400. The van der Waals surface area contributed by atoms with Gasteiger partial charge < -0.3 is 4.74 Å². The maximum Gasteiger partial charge on any atom is 0.415 e. The zero-order valence-corrected chi connectivity index (χ0v) is 20.0. The molecule has 0 N–H and O–H groups in total. The van der Waals surface area contributed by atoms with Gasteiger partial charge in [-0.25, -0.2) is 18.3 Å². The minimum Gasteiger partial charge on any atom is -0.441 e. The first-order chi connectivity index (χ1) is 16.9. The van der Waals surface area contributed by atoms with E-state index in [-0.39, 0.29) is 12.1 Å². The molecule has 35 heavy (non-hydrogen) atoms. The maximum atomic E-state index is 14.1. The van der Waals surface area contributed by atoms with Gasteiger partial charge in [-0.3, -0.25) is 9.80 Å². The molecule has 3 heterocycles. The van der Waals surface area contributed by atoms with E-state index in [2.05, 4.69) is 22.1 Å². The van der Waals surface area contributed by atoms with Gasteiger partial charge in [-0.05, 0) is 73.8 Å². The third-order valence-corrected chi connectivity index (χ3v) is 6.88. The molecule has 0 saturated carbocycles. The molecule has 0 unspecified atom stereocenters. The number of hydrogen-bond acceptors (Lipinski definition) is 5. The summed E-state index contributed by atoms with van der Waals surface area (Å²) < 4.78 is 35.6. The lowest BCUT2D eigenvalue weighted by molar-refractivity contribution is 0.117. The lowest BCUT2D eigenvalue weighted by atomic mass is 9.99. The molecule has 5 rings (SSSR count). The topological polar surface area (TPSA) is 63.5 Å². The van der Waals surface area contributed by atoms with E-state index in [1.807, 2.05) is 6.20 Å². The van der Waals surface area contributed by atoms with Crippen LogP contribution in [0, 0.1) is 17.6 Å². The molecule has 3 aromatic rings. The van der Waals surface area contributed by atoms with E-state index in [0.29, 0.717) is 17.3 Å². The number of carbonyl (C=O) groups excluding carboxylic acids is 1. The fourth-order valence-corrected chi connectivity index (χ4v) is 4.90. The van der Waals surface area contributed by atoms with E-state index < -0.39 is 29.9 Å². The summed E-state index contributed by atoms with van der Waals surface area (Å²) in [7, 11) is 0. The number of aromatic nitrogens is 3. The molecule has 0 aliphatic carbocycles. The largest absolute Gasteiger partial charge is 0.441 e. The van der Waals surface area contributed by atoms with Gasteiger partial charge in [0, 0.05) is 29.5 Å². The van der Waals surface area contributed by atoms with E-state index in [9.17, 15) is 13.6 Å². The molecule has 2 atom stereocenters. The van der Waals surface area contributed by atoms with Crippen LogP contribution in [0.5, 0.6) is 0 Å². The molecular weight excluding hydrogens is 476 g/mol. The number of amides is 1. The first-order valence-corrected chi connectivity index (χ1v) is 12.1. The number of nitrogens with zero attached hydrogens (tertiary/aromatic N) is 5. The molecule has 0 spiro atoms. The second-order valence-electron chi connectivity index (χ2n) is 9.31. The van der Waals surface area contributed by atoms with Gasteiger partial charge in [0.05, 0.1) is 12.2 Å². The number of cyclic esters (lactones) is 1. The predicted octanol–water partition coefficient (Wildman–Crippen LogP) is 5.21. The summed E-state index contributed by atoms with van der Waals surface area (Å²) in [5.41, 5.74) is 1.62. The highest BCUT2D eigenvalue weighted by Gasteiger charge is 2.44. The molecular formula is C25H26ClF2N5O2. The molecule has 1 amide bonds. The van der Waals surface area contributed by atoms with Crippen molar-refractivity contribution in [2.45, 2.75) is 45.0 Å². The minimum atomic E-state index is -0.773. The van der Waals surface area contributed by atoms with Crippen LogP contribution in [-0.4, -0.2) is 45.2 Å². The molecule has 0 radical (unpaired) electrons. The number of anilines is 1. The zero-order valence-electron chi connectivity index (χ0n) is 19.3. The number of halogens is 3. The van der Waals surface area contributed by atoms with Gasteiger partial charge in [0.2, 0.25) is 0 Å². The van der Waals surface area contributed by atoms with Gasteiger partial charge in [0.1, 0.15) is 23.8 Å².